The minimum Gasteiger partial charge on any atom is -0.326 e. The molecular weight excluding hydrogens is 338 g/mol. The van der Waals surface area contributed by atoms with Crippen molar-refractivity contribution >= 4 is 21.6 Å². The third-order valence-corrected chi connectivity index (χ3v) is 5.38. The first kappa shape index (κ1) is 21.6. The van der Waals surface area contributed by atoms with Gasteiger partial charge in [0.05, 0.1) is 6.26 Å². The minimum absolute atomic E-state index is 0.145. The van der Waals surface area contributed by atoms with E-state index < -0.39 is 10.0 Å². The van der Waals surface area contributed by atoms with Crippen LogP contribution >= 0.6 is 0 Å². The molecule has 0 aromatic heterocycles. The van der Waals surface area contributed by atoms with Crippen molar-refractivity contribution in [1.82, 2.24) is 9.21 Å². The van der Waals surface area contributed by atoms with E-state index in [1.54, 1.807) is 0 Å². The summed E-state index contributed by atoms with van der Waals surface area (Å²) in [4.78, 5) is 14.3. The summed E-state index contributed by atoms with van der Waals surface area (Å²) < 4.78 is 25.2. The summed E-state index contributed by atoms with van der Waals surface area (Å²) >= 11 is 0. The molecule has 1 aromatic rings. The number of hydrogen-bond acceptors (Lipinski definition) is 4. The van der Waals surface area contributed by atoms with Gasteiger partial charge in [-0.05, 0) is 51.5 Å². The monoisotopic (exact) mass is 369 g/mol. The molecule has 142 valence electrons. The second-order valence-corrected chi connectivity index (χ2v) is 8.56. The van der Waals surface area contributed by atoms with Crippen LogP contribution in [0.3, 0.4) is 0 Å². The lowest BCUT2D eigenvalue weighted by Gasteiger charge is -2.21. The van der Waals surface area contributed by atoms with Crippen molar-refractivity contribution in [2.75, 3.05) is 45.3 Å². The van der Waals surface area contributed by atoms with Gasteiger partial charge >= 0.3 is 0 Å². The third-order valence-electron chi connectivity index (χ3n) is 4.07. The number of carbonyl (C=O) groups excluding carboxylic acids is 1. The van der Waals surface area contributed by atoms with Crippen molar-refractivity contribution in [3.8, 4) is 0 Å². The van der Waals surface area contributed by atoms with E-state index in [-0.39, 0.29) is 18.9 Å². The zero-order valence-electron chi connectivity index (χ0n) is 16.0. The summed E-state index contributed by atoms with van der Waals surface area (Å²) in [6.45, 7) is 5.43. The molecule has 0 saturated carbocycles. The number of nitrogens with one attached hydrogen (secondary N) is 1. The molecule has 0 heterocycles. The Morgan fingerprint density at radius 2 is 1.84 bits per heavy atom. The molecule has 1 amide bonds. The van der Waals surface area contributed by atoms with Gasteiger partial charge in [0.2, 0.25) is 15.9 Å². The largest absolute Gasteiger partial charge is 0.326 e. The van der Waals surface area contributed by atoms with Crippen LogP contribution in [-0.2, 0) is 21.2 Å². The molecule has 0 saturated heterocycles. The number of sulfonamides is 1. The molecular formula is C18H31N3O3S. The summed E-state index contributed by atoms with van der Waals surface area (Å²) in [6.07, 6.45) is 2.90. The van der Waals surface area contributed by atoms with E-state index in [0.717, 1.165) is 36.2 Å². The molecule has 1 rings (SSSR count). The van der Waals surface area contributed by atoms with Gasteiger partial charge in [0.15, 0.2) is 0 Å². The lowest BCUT2D eigenvalue weighted by molar-refractivity contribution is -0.116. The Kier molecular flexibility index (Phi) is 8.55. The molecule has 0 aliphatic rings. The highest BCUT2D eigenvalue weighted by Crippen LogP contribution is 2.21. The second-order valence-electron chi connectivity index (χ2n) is 6.58. The summed E-state index contributed by atoms with van der Waals surface area (Å²) in [7, 11) is 0.583. The van der Waals surface area contributed by atoms with Crippen molar-refractivity contribution in [3.63, 3.8) is 0 Å². The van der Waals surface area contributed by atoms with E-state index in [0.29, 0.717) is 6.54 Å². The van der Waals surface area contributed by atoms with Crippen molar-refractivity contribution in [3.05, 3.63) is 29.3 Å². The molecule has 6 nitrogen and oxygen atoms in total. The minimum atomic E-state index is -3.32. The molecule has 0 aliphatic carbocycles. The standard InChI is InChI=1S/C18H31N3O3S/c1-6-16-10-7-9-15(2)18(16)19-17(22)11-14-21(25(5,23)24)13-8-12-20(3)4/h7,9-10H,6,8,11-14H2,1-5H3,(H,19,22). The fourth-order valence-corrected chi connectivity index (χ4v) is 3.52. The molecule has 0 fully saturated rings. The number of aryl methyl sites for hydroxylation is 2. The molecule has 0 spiro atoms. The van der Waals surface area contributed by atoms with E-state index in [2.05, 4.69) is 5.32 Å². The van der Waals surface area contributed by atoms with Crippen molar-refractivity contribution in [1.29, 1.82) is 0 Å². The number of nitrogens with zero attached hydrogens (tertiary/aromatic N) is 2. The molecule has 0 bridgehead atoms. The maximum Gasteiger partial charge on any atom is 0.225 e. The summed E-state index contributed by atoms with van der Waals surface area (Å²) in [5, 5.41) is 2.94. The lowest BCUT2D eigenvalue weighted by Crippen LogP contribution is -2.35. The smallest absolute Gasteiger partial charge is 0.225 e. The predicted molar refractivity (Wildman–Crippen MR) is 103 cm³/mol. The zero-order chi connectivity index (χ0) is 19.0. The number of amides is 1. The highest BCUT2D eigenvalue weighted by atomic mass is 32.2. The number of carbonyl (C=O) groups is 1. The van der Waals surface area contributed by atoms with Crippen LogP contribution in [0.15, 0.2) is 18.2 Å². The molecule has 0 atom stereocenters. The molecule has 7 heteroatoms. The molecule has 1 aromatic carbocycles. The first-order valence-electron chi connectivity index (χ1n) is 8.63. The molecule has 0 radical (unpaired) electrons. The maximum atomic E-state index is 12.3. The number of hydrogen-bond donors (Lipinski definition) is 1. The van der Waals surface area contributed by atoms with Gasteiger partial charge in [-0.3, -0.25) is 4.79 Å². The maximum absolute atomic E-state index is 12.3. The van der Waals surface area contributed by atoms with Gasteiger partial charge < -0.3 is 10.2 Å². The average Bonchev–Trinajstić information content (AvgIpc) is 2.51. The second kappa shape index (κ2) is 9.89. The van der Waals surface area contributed by atoms with Gasteiger partial charge in [-0.1, -0.05) is 25.1 Å². The molecule has 0 unspecified atom stereocenters. The van der Waals surface area contributed by atoms with Crippen molar-refractivity contribution in [2.24, 2.45) is 0 Å². The highest BCUT2D eigenvalue weighted by molar-refractivity contribution is 7.88. The Bertz CT molecular complexity index is 672. The SMILES string of the molecule is CCc1cccc(C)c1NC(=O)CCN(CCCN(C)C)S(C)(=O)=O. The van der Waals surface area contributed by atoms with Gasteiger partial charge in [-0.15, -0.1) is 0 Å². The normalized spacial score (nSPS) is 12.0. The van der Waals surface area contributed by atoms with Gasteiger partial charge in [0.25, 0.3) is 0 Å². The summed E-state index contributed by atoms with van der Waals surface area (Å²) in [5.41, 5.74) is 2.94. The van der Waals surface area contributed by atoms with Gasteiger partial charge in [-0.25, -0.2) is 12.7 Å². The van der Waals surface area contributed by atoms with Crippen molar-refractivity contribution in [2.45, 2.75) is 33.1 Å². The summed E-state index contributed by atoms with van der Waals surface area (Å²) in [5.74, 6) is -0.162. The number of anilines is 1. The van der Waals surface area contributed by atoms with E-state index in [9.17, 15) is 13.2 Å². The van der Waals surface area contributed by atoms with Crippen LogP contribution < -0.4 is 5.32 Å². The Morgan fingerprint density at radius 3 is 2.40 bits per heavy atom. The van der Waals surface area contributed by atoms with Gasteiger partial charge in [-0.2, -0.15) is 0 Å². The quantitative estimate of drug-likeness (QED) is 0.686. The van der Waals surface area contributed by atoms with E-state index >= 15 is 0 Å². The predicted octanol–water partition coefficient (Wildman–Crippen LogP) is 2.10. The molecule has 1 N–H and O–H groups in total. The zero-order valence-corrected chi connectivity index (χ0v) is 16.8. The summed E-state index contributed by atoms with van der Waals surface area (Å²) in [6, 6.07) is 5.92. The van der Waals surface area contributed by atoms with Gasteiger partial charge in [0.1, 0.15) is 0 Å². The molecule has 0 aliphatic heterocycles. The Hall–Kier alpha value is -1.44. The first-order chi connectivity index (χ1) is 11.6. The van der Waals surface area contributed by atoms with Crippen LogP contribution in [0.2, 0.25) is 0 Å². The molecule has 25 heavy (non-hydrogen) atoms. The van der Waals surface area contributed by atoms with E-state index in [4.69, 9.17) is 0 Å². The van der Waals surface area contributed by atoms with Crippen LogP contribution in [-0.4, -0.2) is 63.5 Å². The van der Waals surface area contributed by atoms with Crippen molar-refractivity contribution < 1.29 is 13.2 Å². The Morgan fingerprint density at radius 1 is 1.16 bits per heavy atom. The fraction of sp³-hybridized carbons (Fsp3) is 0.611. The average molecular weight is 370 g/mol. The fourth-order valence-electron chi connectivity index (χ4n) is 2.64. The topological polar surface area (TPSA) is 69.7 Å². The van der Waals surface area contributed by atoms with Gasteiger partial charge in [0, 0.05) is 25.2 Å². The number of rotatable bonds is 10. The first-order valence-corrected chi connectivity index (χ1v) is 10.5. The Balaban J connectivity index is 2.66. The third kappa shape index (κ3) is 7.54. The lowest BCUT2D eigenvalue weighted by atomic mass is 10.1. The van der Waals surface area contributed by atoms with E-state index in [1.165, 1.54) is 10.6 Å². The van der Waals surface area contributed by atoms with E-state index in [1.807, 2.05) is 51.0 Å². The van der Waals surface area contributed by atoms with Crippen LogP contribution in [0.4, 0.5) is 5.69 Å². The highest BCUT2D eigenvalue weighted by Gasteiger charge is 2.18. The van der Waals surface area contributed by atoms with Crippen LogP contribution in [0.1, 0.15) is 30.9 Å². The number of para-hydroxylation sites is 1. The Labute approximate surface area is 152 Å². The van der Waals surface area contributed by atoms with Crippen LogP contribution in [0, 0.1) is 6.92 Å². The van der Waals surface area contributed by atoms with Crippen LogP contribution in [0.5, 0.6) is 0 Å². The number of benzene rings is 1. The van der Waals surface area contributed by atoms with Crippen LogP contribution in [0.25, 0.3) is 0 Å².